The van der Waals surface area contributed by atoms with Crippen LogP contribution < -0.4 is 4.74 Å². The van der Waals surface area contributed by atoms with Gasteiger partial charge in [-0.3, -0.25) is 9.78 Å². The van der Waals surface area contributed by atoms with Gasteiger partial charge in [0.1, 0.15) is 11.3 Å². The van der Waals surface area contributed by atoms with E-state index in [1.165, 1.54) is 0 Å². The summed E-state index contributed by atoms with van der Waals surface area (Å²) in [5, 5.41) is 15.8. The van der Waals surface area contributed by atoms with Crippen LogP contribution in [0.3, 0.4) is 0 Å². The van der Waals surface area contributed by atoms with Crippen molar-refractivity contribution in [3.8, 4) is 28.7 Å². The zero-order valence-corrected chi connectivity index (χ0v) is 15.0. The van der Waals surface area contributed by atoms with Crippen molar-refractivity contribution in [2.24, 2.45) is 7.05 Å². The van der Waals surface area contributed by atoms with Gasteiger partial charge in [0.25, 0.3) is 0 Å². The van der Waals surface area contributed by atoms with Gasteiger partial charge in [0.15, 0.2) is 0 Å². The van der Waals surface area contributed by atoms with E-state index in [0.717, 1.165) is 39.2 Å². The first-order chi connectivity index (χ1) is 12.6. The number of aryl methyl sites for hydroxylation is 3. The average Bonchev–Trinajstić information content (AvgIpc) is 3.32. The smallest absolute Gasteiger partial charge is 0.146 e. The summed E-state index contributed by atoms with van der Waals surface area (Å²) in [5.74, 6) is 7.11. The van der Waals surface area contributed by atoms with Crippen molar-refractivity contribution in [1.29, 1.82) is 0 Å². The molecular weight excluding hydrogens is 328 g/mol. The second kappa shape index (κ2) is 6.08. The lowest BCUT2D eigenvalue weighted by atomic mass is 10.1. The number of ether oxygens (including phenoxy) is 1. The van der Waals surface area contributed by atoms with Crippen molar-refractivity contribution in [3.05, 3.63) is 53.4 Å². The fraction of sp³-hybridized carbons (Fsp3) is 0.211. The van der Waals surface area contributed by atoms with Crippen molar-refractivity contribution in [2.75, 3.05) is 7.11 Å². The Morgan fingerprint density at radius 2 is 1.92 bits per heavy atom. The van der Waals surface area contributed by atoms with E-state index < -0.39 is 0 Å². The van der Waals surface area contributed by atoms with Crippen LogP contribution in [0.2, 0.25) is 0 Å². The molecule has 0 fully saturated rings. The highest BCUT2D eigenvalue weighted by Crippen LogP contribution is 2.29. The van der Waals surface area contributed by atoms with Crippen LogP contribution in [-0.2, 0) is 7.05 Å². The quantitative estimate of drug-likeness (QED) is 0.566. The number of aromatic amines is 1. The molecule has 0 saturated heterocycles. The standard InChI is InChI=1S/C19H18N6O/c1-12-17(13(2)23-22-12)6-5-14-8-21-25-11-15(7-18(26-4)19(14)25)16-9-20-24(3)10-16/h7-11H,1-4H3,(H,22,23). The molecular formula is C19H18N6O. The predicted octanol–water partition coefficient (Wildman–Crippen LogP) is 2.48. The molecule has 7 nitrogen and oxygen atoms in total. The van der Waals surface area contributed by atoms with Crippen molar-refractivity contribution < 1.29 is 4.74 Å². The molecule has 0 aliphatic rings. The molecule has 0 unspecified atom stereocenters. The van der Waals surface area contributed by atoms with Crippen molar-refractivity contribution in [1.82, 2.24) is 29.6 Å². The largest absolute Gasteiger partial charge is 0.494 e. The van der Waals surface area contributed by atoms with Crippen LogP contribution in [0.1, 0.15) is 22.5 Å². The van der Waals surface area contributed by atoms with Gasteiger partial charge in [0, 0.05) is 36.3 Å². The molecule has 4 aromatic rings. The number of nitrogens with zero attached hydrogens (tertiary/aromatic N) is 5. The third-order valence-electron chi connectivity index (χ3n) is 4.29. The highest BCUT2D eigenvalue weighted by molar-refractivity contribution is 5.75. The summed E-state index contributed by atoms with van der Waals surface area (Å²) in [6, 6.07) is 1.98. The maximum absolute atomic E-state index is 5.61. The minimum Gasteiger partial charge on any atom is -0.494 e. The van der Waals surface area contributed by atoms with Crippen molar-refractivity contribution in [2.45, 2.75) is 13.8 Å². The van der Waals surface area contributed by atoms with E-state index in [2.05, 4.69) is 32.2 Å². The molecule has 0 amide bonds. The molecule has 0 aliphatic heterocycles. The van der Waals surface area contributed by atoms with E-state index in [1.54, 1.807) is 22.5 Å². The van der Waals surface area contributed by atoms with E-state index in [1.807, 2.05) is 45.6 Å². The highest BCUT2D eigenvalue weighted by atomic mass is 16.5. The fourth-order valence-corrected chi connectivity index (χ4v) is 2.92. The number of hydrogen-bond acceptors (Lipinski definition) is 4. The minimum absolute atomic E-state index is 0.716. The molecule has 130 valence electrons. The molecule has 7 heteroatoms. The summed E-state index contributed by atoms with van der Waals surface area (Å²) in [4.78, 5) is 0. The Bertz CT molecular complexity index is 1150. The first-order valence-electron chi connectivity index (χ1n) is 8.15. The lowest BCUT2D eigenvalue weighted by Gasteiger charge is -2.06. The van der Waals surface area contributed by atoms with Crippen LogP contribution in [0.25, 0.3) is 16.6 Å². The molecule has 0 radical (unpaired) electrons. The lowest BCUT2D eigenvalue weighted by molar-refractivity contribution is 0.417. The van der Waals surface area contributed by atoms with Crippen LogP contribution in [-0.4, -0.2) is 36.7 Å². The molecule has 0 atom stereocenters. The fourth-order valence-electron chi connectivity index (χ4n) is 2.92. The number of aromatic nitrogens is 6. The van der Waals surface area contributed by atoms with Crippen molar-refractivity contribution in [3.63, 3.8) is 0 Å². The molecule has 0 aliphatic carbocycles. The zero-order valence-electron chi connectivity index (χ0n) is 15.0. The zero-order chi connectivity index (χ0) is 18.3. The summed E-state index contributed by atoms with van der Waals surface area (Å²) in [6.07, 6.45) is 7.47. The van der Waals surface area contributed by atoms with Crippen LogP contribution in [0.4, 0.5) is 0 Å². The molecule has 0 aromatic carbocycles. The Labute approximate surface area is 150 Å². The lowest BCUT2D eigenvalue weighted by Crippen LogP contribution is -1.94. The van der Waals surface area contributed by atoms with Gasteiger partial charge in [-0.1, -0.05) is 11.8 Å². The summed E-state index contributed by atoms with van der Waals surface area (Å²) in [6.45, 7) is 3.89. The summed E-state index contributed by atoms with van der Waals surface area (Å²) in [5.41, 5.74) is 6.38. The van der Waals surface area contributed by atoms with Crippen LogP contribution >= 0.6 is 0 Å². The molecule has 4 aromatic heterocycles. The normalized spacial score (nSPS) is 10.8. The van der Waals surface area contributed by atoms with E-state index in [0.29, 0.717) is 5.75 Å². The van der Waals surface area contributed by atoms with E-state index in [4.69, 9.17) is 4.74 Å². The third kappa shape index (κ3) is 2.62. The van der Waals surface area contributed by atoms with Gasteiger partial charge in [-0.15, -0.1) is 0 Å². The summed E-state index contributed by atoms with van der Waals surface area (Å²) >= 11 is 0. The molecule has 0 bridgehead atoms. The Balaban J connectivity index is 1.84. The monoisotopic (exact) mass is 346 g/mol. The second-order valence-corrected chi connectivity index (χ2v) is 6.11. The molecule has 0 saturated carbocycles. The van der Waals surface area contributed by atoms with Crippen LogP contribution in [0.15, 0.2) is 30.9 Å². The van der Waals surface area contributed by atoms with Crippen molar-refractivity contribution >= 4 is 5.52 Å². The SMILES string of the molecule is COc1cc(-c2cnn(C)c2)cn2ncc(C#Cc3c(C)n[nH]c3C)c12. The maximum Gasteiger partial charge on any atom is 0.146 e. The second-order valence-electron chi connectivity index (χ2n) is 6.11. The molecule has 4 heterocycles. The predicted molar refractivity (Wildman–Crippen MR) is 98.0 cm³/mol. The Kier molecular flexibility index (Phi) is 3.73. The maximum atomic E-state index is 5.61. The van der Waals surface area contributed by atoms with E-state index >= 15 is 0 Å². The summed E-state index contributed by atoms with van der Waals surface area (Å²) in [7, 11) is 3.54. The number of rotatable bonds is 2. The van der Waals surface area contributed by atoms with Gasteiger partial charge in [0.2, 0.25) is 0 Å². The molecule has 1 N–H and O–H groups in total. The first kappa shape index (κ1) is 16.0. The Morgan fingerprint density at radius 3 is 2.58 bits per heavy atom. The van der Waals surface area contributed by atoms with Crippen LogP contribution in [0.5, 0.6) is 5.75 Å². The molecule has 4 rings (SSSR count). The number of hydrogen-bond donors (Lipinski definition) is 1. The number of H-pyrrole nitrogens is 1. The third-order valence-corrected chi connectivity index (χ3v) is 4.29. The van der Waals surface area contributed by atoms with E-state index in [9.17, 15) is 0 Å². The van der Waals surface area contributed by atoms with E-state index in [-0.39, 0.29) is 0 Å². The highest BCUT2D eigenvalue weighted by Gasteiger charge is 2.12. The number of methoxy groups -OCH3 is 1. The van der Waals surface area contributed by atoms with Gasteiger partial charge < -0.3 is 4.74 Å². The number of pyridine rings is 1. The minimum atomic E-state index is 0.716. The topological polar surface area (TPSA) is 73.0 Å². The number of nitrogens with one attached hydrogen (secondary N) is 1. The summed E-state index contributed by atoms with van der Waals surface area (Å²) < 4.78 is 9.16. The van der Waals surface area contributed by atoms with Gasteiger partial charge in [-0.05, 0) is 19.9 Å². The van der Waals surface area contributed by atoms with Gasteiger partial charge in [0.05, 0.1) is 36.3 Å². The van der Waals surface area contributed by atoms with Gasteiger partial charge in [-0.25, -0.2) is 4.52 Å². The molecule has 26 heavy (non-hydrogen) atoms. The van der Waals surface area contributed by atoms with Gasteiger partial charge in [-0.2, -0.15) is 15.3 Å². The van der Waals surface area contributed by atoms with Gasteiger partial charge >= 0.3 is 0 Å². The Hall–Kier alpha value is -3.53. The average molecular weight is 346 g/mol. The number of fused-ring (bicyclic) bond motifs is 1. The Morgan fingerprint density at radius 1 is 1.08 bits per heavy atom. The van der Waals surface area contributed by atoms with Crippen LogP contribution in [0, 0.1) is 25.7 Å². The first-order valence-corrected chi connectivity index (χ1v) is 8.15. The molecule has 0 spiro atoms.